The van der Waals surface area contributed by atoms with E-state index in [1.165, 1.54) is 0 Å². The second-order valence-corrected chi connectivity index (χ2v) is 6.37. The molecule has 5 nitrogen and oxygen atoms in total. The van der Waals surface area contributed by atoms with Crippen molar-refractivity contribution in [3.05, 3.63) is 59.1 Å². The second-order valence-electron chi connectivity index (χ2n) is 5.96. The van der Waals surface area contributed by atoms with E-state index in [0.29, 0.717) is 22.0 Å². The van der Waals surface area contributed by atoms with Crippen molar-refractivity contribution in [2.24, 2.45) is 0 Å². The van der Waals surface area contributed by atoms with Gasteiger partial charge < -0.3 is 15.5 Å². The van der Waals surface area contributed by atoms with E-state index in [1.807, 2.05) is 23.1 Å². The largest absolute Gasteiger partial charge is 0.375 e. The van der Waals surface area contributed by atoms with Crippen LogP contribution in [0, 0.1) is 0 Å². The number of nitrogens with zero attached hydrogens (tertiary/aromatic N) is 1. The fourth-order valence-corrected chi connectivity index (χ4v) is 2.99. The molecule has 130 valence electrons. The van der Waals surface area contributed by atoms with E-state index >= 15 is 0 Å². The summed E-state index contributed by atoms with van der Waals surface area (Å²) in [5.41, 5.74) is 2.02. The number of benzene rings is 2. The Kier molecular flexibility index (Phi) is 5.56. The van der Waals surface area contributed by atoms with Crippen LogP contribution in [0.15, 0.2) is 48.5 Å². The van der Waals surface area contributed by atoms with E-state index in [9.17, 15) is 9.59 Å². The molecule has 1 aliphatic rings. The zero-order chi connectivity index (χ0) is 17.6. The molecule has 1 heterocycles. The molecule has 0 bridgehead atoms. The molecule has 1 fully saturated rings. The number of likely N-dealkylation sites (tertiary alicyclic amines) is 1. The highest BCUT2D eigenvalue weighted by atomic mass is 35.5. The molecule has 6 heteroatoms. The van der Waals surface area contributed by atoms with Crippen molar-refractivity contribution in [1.29, 1.82) is 0 Å². The number of hydrogen-bond donors (Lipinski definition) is 2. The SMILES string of the molecule is O=C(CNc1ccccc1Cl)Nc1ccc(C(=O)N2CCCC2)cc1. The minimum atomic E-state index is -0.182. The first kappa shape index (κ1) is 17.3. The molecule has 1 saturated heterocycles. The third-order valence-electron chi connectivity index (χ3n) is 4.12. The molecule has 2 aromatic carbocycles. The highest BCUT2D eigenvalue weighted by molar-refractivity contribution is 6.33. The normalized spacial score (nSPS) is 13.6. The first-order valence-corrected chi connectivity index (χ1v) is 8.69. The summed E-state index contributed by atoms with van der Waals surface area (Å²) in [4.78, 5) is 26.2. The second kappa shape index (κ2) is 8.03. The van der Waals surface area contributed by atoms with Gasteiger partial charge in [-0.05, 0) is 49.2 Å². The molecule has 0 spiro atoms. The lowest BCUT2D eigenvalue weighted by atomic mass is 10.2. The summed E-state index contributed by atoms with van der Waals surface area (Å²) in [5.74, 6) is -0.130. The molecule has 3 rings (SSSR count). The Labute approximate surface area is 152 Å². The fourth-order valence-electron chi connectivity index (χ4n) is 2.78. The Balaban J connectivity index is 1.53. The molecule has 0 aliphatic carbocycles. The fraction of sp³-hybridized carbons (Fsp3) is 0.263. The summed E-state index contributed by atoms with van der Waals surface area (Å²) < 4.78 is 0. The van der Waals surface area contributed by atoms with Crippen molar-refractivity contribution >= 4 is 34.8 Å². The van der Waals surface area contributed by atoms with Crippen molar-refractivity contribution in [3.63, 3.8) is 0 Å². The predicted octanol–water partition coefficient (Wildman–Crippen LogP) is 3.63. The van der Waals surface area contributed by atoms with E-state index in [1.54, 1.807) is 30.3 Å². The Hall–Kier alpha value is -2.53. The van der Waals surface area contributed by atoms with Crippen molar-refractivity contribution in [1.82, 2.24) is 4.90 Å². The molecule has 0 aromatic heterocycles. The molecule has 25 heavy (non-hydrogen) atoms. The summed E-state index contributed by atoms with van der Waals surface area (Å²) in [5, 5.41) is 6.36. The van der Waals surface area contributed by atoms with Crippen LogP contribution in [0.2, 0.25) is 5.02 Å². The van der Waals surface area contributed by atoms with E-state index in [2.05, 4.69) is 10.6 Å². The van der Waals surface area contributed by atoms with Crippen molar-refractivity contribution in [3.8, 4) is 0 Å². The van der Waals surface area contributed by atoms with Gasteiger partial charge in [-0.3, -0.25) is 9.59 Å². The number of anilines is 2. The quantitative estimate of drug-likeness (QED) is 0.859. The van der Waals surface area contributed by atoms with Gasteiger partial charge in [0, 0.05) is 24.3 Å². The number of carbonyl (C=O) groups excluding carboxylic acids is 2. The molecular weight excluding hydrogens is 338 g/mol. The third kappa shape index (κ3) is 4.51. The molecule has 0 atom stereocenters. The molecule has 0 unspecified atom stereocenters. The van der Waals surface area contributed by atoms with Crippen LogP contribution >= 0.6 is 11.6 Å². The zero-order valence-corrected chi connectivity index (χ0v) is 14.6. The van der Waals surface area contributed by atoms with Crippen LogP contribution in [0.5, 0.6) is 0 Å². The number of carbonyl (C=O) groups is 2. The topological polar surface area (TPSA) is 61.4 Å². The minimum absolute atomic E-state index is 0.0516. The van der Waals surface area contributed by atoms with Crippen molar-refractivity contribution in [2.75, 3.05) is 30.3 Å². The van der Waals surface area contributed by atoms with Gasteiger partial charge in [0.05, 0.1) is 17.3 Å². The maximum Gasteiger partial charge on any atom is 0.253 e. The molecule has 2 amide bonds. The van der Waals surface area contributed by atoms with E-state index < -0.39 is 0 Å². The van der Waals surface area contributed by atoms with Crippen LogP contribution in [0.1, 0.15) is 23.2 Å². The van der Waals surface area contributed by atoms with E-state index in [0.717, 1.165) is 25.9 Å². The lowest BCUT2D eigenvalue weighted by Crippen LogP contribution is -2.27. The van der Waals surface area contributed by atoms with E-state index in [-0.39, 0.29) is 18.4 Å². The van der Waals surface area contributed by atoms with Gasteiger partial charge in [0.15, 0.2) is 0 Å². The maximum atomic E-state index is 12.3. The zero-order valence-electron chi connectivity index (χ0n) is 13.8. The molecular formula is C19H20ClN3O2. The lowest BCUT2D eigenvalue weighted by molar-refractivity contribution is -0.114. The van der Waals surface area contributed by atoms with Crippen LogP contribution in [0.4, 0.5) is 11.4 Å². The maximum absolute atomic E-state index is 12.3. The number of rotatable bonds is 5. The van der Waals surface area contributed by atoms with Gasteiger partial charge in [-0.1, -0.05) is 23.7 Å². The van der Waals surface area contributed by atoms with Gasteiger partial charge in [-0.15, -0.1) is 0 Å². The lowest BCUT2D eigenvalue weighted by Gasteiger charge is -2.15. The standard InChI is InChI=1S/C19H20ClN3O2/c20-16-5-1-2-6-17(16)21-13-18(24)22-15-9-7-14(8-10-15)19(25)23-11-3-4-12-23/h1-2,5-10,21H,3-4,11-13H2,(H,22,24). The Morgan fingerprint density at radius 2 is 1.68 bits per heavy atom. The third-order valence-corrected chi connectivity index (χ3v) is 4.45. The first-order chi connectivity index (χ1) is 12.1. The molecule has 0 radical (unpaired) electrons. The highest BCUT2D eigenvalue weighted by Crippen LogP contribution is 2.20. The summed E-state index contributed by atoms with van der Waals surface area (Å²) in [7, 11) is 0. The highest BCUT2D eigenvalue weighted by Gasteiger charge is 2.19. The van der Waals surface area contributed by atoms with Crippen LogP contribution in [0.3, 0.4) is 0 Å². The molecule has 1 aliphatic heterocycles. The number of para-hydroxylation sites is 1. The van der Waals surface area contributed by atoms with Gasteiger partial charge in [-0.2, -0.15) is 0 Å². The van der Waals surface area contributed by atoms with E-state index in [4.69, 9.17) is 11.6 Å². The molecule has 0 saturated carbocycles. The van der Waals surface area contributed by atoms with Crippen LogP contribution in [-0.4, -0.2) is 36.3 Å². The summed E-state index contributed by atoms with van der Waals surface area (Å²) in [6.45, 7) is 1.76. The smallest absolute Gasteiger partial charge is 0.253 e. The number of amides is 2. The van der Waals surface area contributed by atoms with Gasteiger partial charge >= 0.3 is 0 Å². The van der Waals surface area contributed by atoms with Gasteiger partial charge in [0.1, 0.15) is 0 Å². The predicted molar refractivity (Wildman–Crippen MR) is 100 cm³/mol. The molecule has 2 aromatic rings. The summed E-state index contributed by atoms with van der Waals surface area (Å²) in [6, 6.07) is 14.2. The summed E-state index contributed by atoms with van der Waals surface area (Å²) in [6.07, 6.45) is 2.14. The monoisotopic (exact) mass is 357 g/mol. The van der Waals surface area contributed by atoms with Crippen LogP contribution in [0.25, 0.3) is 0 Å². The Bertz CT molecular complexity index is 756. The van der Waals surface area contributed by atoms with Crippen molar-refractivity contribution in [2.45, 2.75) is 12.8 Å². The number of halogens is 1. The van der Waals surface area contributed by atoms with Gasteiger partial charge in [0.2, 0.25) is 5.91 Å². The number of hydrogen-bond acceptors (Lipinski definition) is 3. The van der Waals surface area contributed by atoms with Crippen LogP contribution in [-0.2, 0) is 4.79 Å². The average Bonchev–Trinajstić information content (AvgIpc) is 3.16. The van der Waals surface area contributed by atoms with Gasteiger partial charge in [0.25, 0.3) is 5.91 Å². The average molecular weight is 358 g/mol. The number of nitrogens with one attached hydrogen (secondary N) is 2. The summed E-state index contributed by atoms with van der Waals surface area (Å²) >= 11 is 6.04. The molecule has 2 N–H and O–H groups in total. The Morgan fingerprint density at radius 3 is 2.36 bits per heavy atom. The minimum Gasteiger partial charge on any atom is -0.375 e. The van der Waals surface area contributed by atoms with Crippen LogP contribution < -0.4 is 10.6 Å². The van der Waals surface area contributed by atoms with Crippen molar-refractivity contribution < 1.29 is 9.59 Å². The van der Waals surface area contributed by atoms with Gasteiger partial charge in [-0.25, -0.2) is 0 Å². The first-order valence-electron chi connectivity index (χ1n) is 8.31. The Morgan fingerprint density at radius 1 is 1.00 bits per heavy atom.